The van der Waals surface area contributed by atoms with Gasteiger partial charge in [-0.15, -0.1) is 0 Å². The van der Waals surface area contributed by atoms with Crippen molar-refractivity contribution in [2.24, 2.45) is 23.7 Å². The number of amides is 3. The highest BCUT2D eigenvalue weighted by atomic mass is 16.5. The Bertz CT molecular complexity index is 2120. The molecule has 11 heteroatoms. The van der Waals surface area contributed by atoms with E-state index >= 15 is 0 Å². The topological polar surface area (TPSA) is 145 Å². The van der Waals surface area contributed by atoms with E-state index in [1.54, 1.807) is 0 Å². The maximum atomic E-state index is 13.5. The number of likely N-dealkylation sites (tertiary alicyclic amines) is 1. The maximum absolute atomic E-state index is 13.5. The van der Waals surface area contributed by atoms with Gasteiger partial charge in [-0.25, -0.2) is 14.8 Å². The van der Waals surface area contributed by atoms with Gasteiger partial charge in [-0.1, -0.05) is 92.7 Å². The van der Waals surface area contributed by atoms with Crippen LogP contribution in [-0.4, -0.2) is 62.4 Å². The van der Waals surface area contributed by atoms with Crippen molar-refractivity contribution in [2.75, 3.05) is 13.7 Å². The van der Waals surface area contributed by atoms with E-state index in [4.69, 9.17) is 9.72 Å². The van der Waals surface area contributed by atoms with Crippen molar-refractivity contribution < 1.29 is 19.1 Å². The molecule has 4 N–H and O–H groups in total. The van der Waals surface area contributed by atoms with Crippen LogP contribution in [0.1, 0.15) is 75.1 Å². The number of H-pyrrole nitrogens is 2. The number of hydrogen-bond donors (Lipinski definition) is 4. The summed E-state index contributed by atoms with van der Waals surface area (Å²) in [6, 6.07) is 26.1. The van der Waals surface area contributed by atoms with Crippen molar-refractivity contribution in [2.45, 2.75) is 70.5 Å². The number of rotatable bonds is 11. The molecule has 1 saturated heterocycles. The average Bonchev–Trinajstić information content (AvgIpc) is 4.07. The van der Waals surface area contributed by atoms with Crippen LogP contribution in [0.3, 0.4) is 0 Å². The first-order valence-electron chi connectivity index (χ1n) is 19.5. The van der Waals surface area contributed by atoms with Gasteiger partial charge in [0.05, 0.1) is 42.9 Å². The van der Waals surface area contributed by atoms with E-state index in [0.717, 1.165) is 83.0 Å². The fourth-order valence-electron chi connectivity index (χ4n) is 9.15. The van der Waals surface area contributed by atoms with Crippen LogP contribution in [-0.2, 0) is 20.9 Å². The number of alkyl carbamates (subject to hydrolysis) is 1. The number of benzene rings is 3. The molecule has 2 aliphatic carbocycles. The molecular weight excluding hydrogens is 691 g/mol. The van der Waals surface area contributed by atoms with Gasteiger partial charge in [0.25, 0.3) is 0 Å². The summed E-state index contributed by atoms with van der Waals surface area (Å²) in [5.74, 6) is 2.53. The van der Waals surface area contributed by atoms with E-state index in [2.05, 4.69) is 74.1 Å². The first-order chi connectivity index (χ1) is 26.8. The summed E-state index contributed by atoms with van der Waals surface area (Å²) >= 11 is 0. The monoisotopic (exact) mass is 739 g/mol. The molecule has 2 saturated carbocycles. The molecule has 284 valence electrons. The van der Waals surface area contributed by atoms with Crippen LogP contribution >= 0.6 is 0 Å². The van der Waals surface area contributed by atoms with Crippen molar-refractivity contribution in [1.29, 1.82) is 0 Å². The average molecular weight is 740 g/mol. The minimum absolute atomic E-state index is 0.0546. The number of nitrogens with one attached hydrogen (secondary N) is 4. The van der Waals surface area contributed by atoms with Crippen LogP contribution in [0.2, 0.25) is 0 Å². The molecule has 6 atom stereocenters. The van der Waals surface area contributed by atoms with Gasteiger partial charge >= 0.3 is 6.09 Å². The number of carbonyl (C=O) groups is 3. The minimum atomic E-state index is -0.675. The lowest BCUT2D eigenvalue weighted by atomic mass is 9.78. The summed E-state index contributed by atoms with van der Waals surface area (Å²) in [5.41, 5.74) is 7.20. The standard InChI is InChI=1S/C44H49N7O4/c1-26(2)39(50-44(54)55-3)43(53)51-21-7-10-36(51)40-45-24-34(48-40)30-15-11-28(12-16-30)29-13-17-31(18-14-29)35-25-46-41(49-35)37-32-19-20-33(22-32)38(37)42(52)47-23-27-8-5-4-6-9-27/h4-6,8-9,11-18,24-26,32-33,36-39H,7,10,19-23H2,1-3H3,(H,45,48)(H,46,49)(H,47,52)(H,50,54)/t32?,33?,36-,37+,38?,39-/m0/s1. The SMILES string of the molecule is COC(=O)N[C@H](C(=O)N1CCC[C@H]1c1ncc(-c2ccc(-c3ccc(-c4cnc([C@@H]5C6CCC(C6)C5C(=O)NCc5ccccc5)[nH]4)cc3)cc2)[nH]1)C(C)C. The molecule has 11 nitrogen and oxygen atoms in total. The highest BCUT2D eigenvalue weighted by Crippen LogP contribution is 2.56. The first kappa shape index (κ1) is 36.3. The number of imidazole rings is 2. The number of carbonyl (C=O) groups excluding carboxylic acids is 3. The van der Waals surface area contributed by atoms with Crippen molar-refractivity contribution in [3.8, 4) is 33.6 Å². The molecule has 3 aliphatic rings. The fourth-order valence-corrected chi connectivity index (χ4v) is 9.15. The van der Waals surface area contributed by atoms with Crippen LogP contribution in [0.4, 0.5) is 4.79 Å². The Morgan fingerprint density at radius 1 is 0.800 bits per heavy atom. The number of aromatic amines is 2. The second-order valence-corrected chi connectivity index (χ2v) is 15.7. The molecular formula is C44H49N7O4. The zero-order valence-electron chi connectivity index (χ0n) is 31.6. The van der Waals surface area contributed by atoms with E-state index in [-0.39, 0.29) is 35.6 Å². The highest BCUT2D eigenvalue weighted by Gasteiger charge is 2.52. The van der Waals surface area contributed by atoms with Gasteiger partial charge in [0.1, 0.15) is 17.7 Å². The van der Waals surface area contributed by atoms with Crippen molar-refractivity contribution in [3.05, 3.63) is 108 Å². The zero-order chi connectivity index (χ0) is 38.1. The van der Waals surface area contributed by atoms with E-state index < -0.39 is 12.1 Å². The molecule has 2 bridgehead atoms. The van der Waals surface area contributed by atoms with Crippen LogP contribution in [0.15, 0.2) is 91.3 Å². The number of aromatic nitrogens is 4. The molecule has 55 heavy (non-hydrogen) atoms. The Morgan fingerprint density at radius 3 is 2.04 bits per heavy atom. The van der Waals surface area contributed by atoms with E-state index in [9.17, 15) is 14.4 Å². The van der Waals surface area contributed by atoms with Crippen molar-refractivity contribution in [1.82, 2.24) is 35.5 Å². The number of ether oxygens (including phenoxy) is 1. The first-order valence-corrected chi connectivity index (χ1v) is 19.5. The summed E-state index contributed by atoms with van der Waals surface area (Å²) in [4.78, 5) is 57.4. The molecule has 3 unspecified atom stereocenters. The summed E-state index contributed by atoms with van der Waals surface area (Å²) < 4.78 is 4.76. The van der Waals surface area contributed by atoms with Crippen molar-refractivity contribution in [3.63, 3.8) is 0 Å². The van der Waals surface area contributed by atoms with Crippen LogP contribution in [0.25, 0.3) is 33.6 Å². The second-order valence-electron chi connectivity index (χ2n) is 15.7. The third kappa shape index (κ3) is 7.39. The number of methoxy groups -OCH3 is 1. The predicted octanol–water partition coefficient (Wildman–Crippen LogP) is 7.62. The summed E-state index contributed by atoms with van der Waals surface area (Å²) in [6.45, 7) is 4.97. The Morgan fingerprint density at radius 2 is 1.40 bits per heavy atom. The molecule has 0 radical (unpaired) electrons. The molecule has 3 amide bonds. The van der Waals surface area contributed by atoms with Gasteiger partial charge in [-0.3, -0.25) is 9.59 Å². The Kier molecular flexibility index (Phi) is 10.3. The fraction of sp³-hybridized carbons (Fsp3) is 0.386. The third-order valence-corrected chi connectivity index (χ3v) is 12.0. The molecule has 8 rings (SSSR count). The molecule has 3 aromatic carbocycles. The summed E-state index contributed by atoms with van der Waals surface area (Å²) in [7, 11) is 1.30. The van der Waals surface area contributed by atoms with Crippen LogP contribution in [0, 0.1) is 23.7 Å². The van der Waals surface area contributed by atoms with E-state index in [1.807, 2.05) is 61.5 Å². The Labute approximate surface area is 321 Å². The van der Waals surface area contributed by atoms with Gasteiger partial charge in [0, 0.05) is 19.0 Å². The van der Waals surface area contributed by atoms with Crippen LogP contribution in [0.5, 0.6) is 0 Å². The summed E-state index contributed by atoms with van der Waals surface area (Å²) in [6.07, 6.45) is 8.13. The molecule has 1 aliphatic heterocycles. The van der Waals surface area contributed by atoms with Crippen LogP contribution < -0.4 is 10.6 Å². The quantitative estimate of drug-likeness (QED) is 0.110. The minimum Gasteiger partial charge on any atom is -0.453 e. The van der Waals surface area contributed by atoms with E-state index in [1.165, 1.54) is 7.11 Å². The molecule has 3 heterocycles. The molecule has 2 aromatic heterocycles. The van der Waals surface area contributed by atoms with Crippen molar-refractivity contribution >= 4 is 17.9 Å². The van der Waals surface area contributed by atoms with Gasteiger partial charge in [0.15, 0.2) is 0 Å². The lowest BCUT2D eigenvalue weighted by Gasteiger charge is -2.30. The molecule has 0 spiro atoms. The Balaban J connectivity index is 0.918. The lowest BCUT2D eigenvalue weighted by Crippen LogP contribution is -2.51. The van der Waals surface area contributed by atoms with Gasteiger partial charge in [0.2, 0.25) is 11.8 Å². The van der Waals surface area contributed by atoms with Gasteiger partial charge in [-0.2, -0.15) is 0 Å². The molecule has 3 fully saturated rings. The normalized spacial score (nSPS) is 22.2. The maximum Gasteiger partial charge on any atom is 0.407 e. The third-order valence-electron chi connectivity index (χ3n) is 12.0. The second kappa shape index (κ2) is 15.6. The van der Waals surface area contributed by atoms with Gasteiger partial charge < -0.3 is 30.2 Å². The van der Waals surface area contributed by atoms with Gasteiger partial charge in [-0.05, 0) is 77.7 Å². The highest BCUT2D eigenvalue weighted by molar-refractivity contribution is 5.86. The predicted molar refractivity (Wildman–Crippen MR) is 210 cm³/mol. The zero-order valence-corrected chi connectivity index (χ0v) is 31.6. The largest absolute Gasteiger partial charge is 0.453 e. The smallest absolute Gasteiger partial charge is 0.407 e. The number of hydrogen-bond acceptors (Lipinski definition) is 6. The summed E-state index contributed by atoms with van der Waals surface area (Å²) in [5, 5.41) is 5.92. The Hall–Kier alpha value is -5.71. The number of nitrogens with zero attached hydrogens (tertiary/aromatic N) is 3. The van der Waals surface area contributed by atoms with E-state index in [0.29, 0.717) is 24.9 Å². The molecule has 5 aromatic rings. The lowest BCUT2D eigenvalue weighted by molar-refractivity contribution is -0.135. The number of fused-ring (bicyclic) bond motifs is 2.